The van der Waals surface area contributed by atoms with E-state index in [0.717, 1.165) is 6.26 Å². The number of anilines is 2. The van der Waals surface area contributed by atoms with Gasteiger partial charge in [-0.2, -0.15) is 0 Å². The molecule has 0 aliphatic heterocycles. The summed E-state index contributed by atoms with van der Waals surface area (Å²) in [6, 6.07) is 9.65. The molecule has 0 aliphatic rings. The molecule has 6 nitrogen and oxygen atoms in total. The van der Waals surface area contributed by atoms with Gasteiger partial charge < -0.3 is 10.1 Å². The Hall–Kier alpha value is -2.81. The largest absolute Gasteiger partial charge is 0.487 e. The van der Waals surface area contributed by atoms with E-state index in [2.05, 4.69) is 15.3 Å². The first-order valence-corrected chi connectivity index (χ1v) is 9.86. The molecular formula is C18H17F2N3O3S. The molecule has 0 fully saturated rings. The predicted molar refractivity (Wildman–Crippen MR) is 98.6 cm³/mol. The number of aryl methyl sites for hydroxylation is 1. The number of rotatable bonds is 6. The molecule has 1 N–H and O–H groups in total. The van der Waals surface area contributed by atoms with Gasteiger partial charge in [-0.25, -0.2) is 27.2 Å². The highest BCUT2D eigenvalue weighted by Gasteiger charge is 2.12. The van der Waals surface area contributed by atoms with Gasteiger partial charge in [-0.15, -0.1) is 0 Å². The second kappa shape index (κ2) is 7.43. The highest BCUT2D eigenvalue weighted by atomic mass is 32.2. The average molecular weight is 393 g/mol. The van der Waals surface area contributed by atoms with Crippen molar-refractivity contribution < 1.29 is 21.9 Å². The Bertz CT molecular complexity index is 1090. The molecule has 142 valence electrons. The molecule has 0 saturated heterocycles. The number of halogens is 2. The minimum absolute atomic E-state index is 0.151. The number of nitrogens with zero attached hydrogens (tertiary/aromatic N) is 2. The van der Waals surface area contributed by atoms with Gasteiger partial charge >= 0.3 is 0 Å². The van der Waals surface area contributed by atoms with E-state index in [1.807, 2.05) is 0 Å². The third-order valence-electron chi connectivity index (χ3n) is 3.85. The van der Waals surface area contributed by atoms with Crippen LogP contribution in [0.2, 0.25) is 0 Å². The highest BCUT2D eigenvalue weighted by molar-refractivity contribution is 7.90. The fourth-order valence-corrected chi connectivity index (χ4v) is 3.14. The fraction of sp³-hybridized carbons (Fsp3) is 0.222. The molecule has 27 heavy (non-hydrogen) atoms. The van der Waals surface area contributed by atoms with Gasteiger partial charge in [-0.1, -0.05) is 6.07 Å². The van der Waals surface area contributed by atoms with Gasteiger partial charge in [0.2, 0.25) is 0 Å². The smallest absolute Gasteiger partial charge is 0.272 e. The number of hydrogen-bond donors (Lipinski definition) is 1. The van der Waals surface area contributed by atoms with Gasteiger partial charge in [0.1, 0.15) is 24.5 Å². The summed E-state index contributed by atoms with van der Waals surface area (Å²) in [4.78, 5) is 8.46. The predicted octanol–water partition coefficient (Wildman–Crippen LogP) is 3.73. The van der Waals surface area contributed by atoms with Crippen LogP contribution >= 0.6 is 0 Å². The van der Waals surface area contributed by atoms with Crippen molar-refractivity contribution in [1.82, 2.24) is 9.97 Å². The lowest BCUT2D eigenvalue weighted by Crippen LogP contribution is -2.08. The van der Waals surface area contributed by atoms with Crippen LogP contribution in [0.25, 0.3) is 10.9 Å². The summed E-state index contributed by atoms with van der Waals surface area (Å²) in [6.45, 7) is 1.06. The zero-order chi connectivity index (χ0) is 19.6. The van der Waals surface area contributed by atoms with Crippen LogP contribution < -0.4 is 10.1 Å². The molecule has 3 rings (SSSR count). The molecule has 0 saturated carbocycles. The quantitative estimate of drug-likeness (QED) is 0.687. The molecular weight excluding hydrogens is 376 g/mol. The molecule has 0 atom stereocenters. The van der Waals surface area contributed by atoms with Crippen molar-refractivity contribution in [2.75, 3.05) is 18.2 Å². The molecule has 0 unspecified atom stereocenters. The minimum atomic E-state index is -3.39. The topological polar surface area (TPSA) is 81.2 Å². The van der Waals surface area contributed by atoms with E-state index in [4.69, 9.17) is 4.74 Å². The van der Waals surface area contributed by atoms with E-state index in [-0.39, 0.29) is 4.90 Å². The highest BCUT2D eigenvalue weighted by Crippen LogP contribution is 2.28. The van der Waals surface area contributed by atoms with Gasteiger partial charge in [0.15, 0.2) is 9.84 Å². The maximum Gasteiger partial charge on any atom is 0.272 e. The van der Waals surface area contributed by atoms with Crippen LogP contribution in [-0.4, -0.2) is 37.7 Å². The standard InChI is InChI=1S/C18H17F2N3O3S/c1-11-3-4-12(7-16(11)26-9-17(19)20)23-18-14-8-13(27(2,24)25)5-6-15(14)21-10-22-18/h3-8,10,17H,9H2,1-2H3,(H,21,22,23). The van der Waals surface area contributed by atoms with E-state index in [1.165, 1.54) is 18.5 Å². The molecule has 9 heteroatoms. The third-order valence-corrected chi connectivity index (χ3v) is 4.96. The van der Waals surface area contributed by atoms with Crippen molar-refractivity contribution in [3.63, 3.8) is 0 Å². The van der Waals surface area contributed by atoms with Crippen molar-refractivity contribution in [2.45, 2.75) is 18.2 Å². The monoisotopic (exact) mass is 393 g/mol. The number of ether oxygens (including phenoxy) is 1. The molecule has 0 amide bonds. The zero-order valence-electron chi connectivity index (χ0n) is 14.6. The average Bonchev–Trinajstić information content (AvgIpc) is 2.61. The number of alkyl halides is 2. The maximum absolute atomic E-state index is 12.4. The molecule has 0 radical (unpaired) electrons. The molecule has 0 bridgehead atoms. The van der Waals surface area contributed by atoms with Gasteiger partial charge in [0.05, 0.1) is 10.4 Å². The van der Waals surface area contributed by atoms with Crippen molar-refractivity contribution in [1.29, 1.82) is 0 Å². The molecule has 1 heterocycles. The van der Waals surface area contributed by atoms with Gasteiger partial charge in [-0.3, -0.25) is 0 Å². The maximum atomic E-state index is 12.4. The van der Waals surface area contributed by atoms with Crippen molar-refractivity contribution in [2.24, 2.45) is 0 Å². The lowest BCUT2D eigenvalue weighted by atomic mass is 10.2. The second-order valence-corrected chi connectivity index (χ2v) is 8.00. The number of hydrogen-bond acceptors (Lipinski definition) is 6. The number of fused-ring (bicyclic) bond motifs is 1. The summed E-state index contributed by atoms with van der Waals surface area (Å²) in [5.74, 6) is 0.727. The Morgan fingerprint density at radius 3 is 2.63 bits per heavy atom. The normalized spacial score (nSPS) is 11.7. The Morgan fingerprint density at radius 2 is 1.93 bits per heavy atom. The fourth-order valence-electron chi connectivity index (χ4n) is 2.49. The lowest BCUT2D eigenvalue weighted by Gasteiger charge is -2.13. The molecule has 0 aliphatic carbocycles. The Balaban J connectivity index is 1.98. The Morgan fingerprint density at radius 1 is 1.15 bits per heavy atom. The zero-order valence-corrected chi connectivity index (χ0v) is 15.4. The van der Waals surface area contributed by atoms with Gasteiger partial charge in [0.25, 0.3) is 6.43 Å². The van der Waals surface area contributed by atoms with Gasteiger partial charge in [-0.05, 0) is 36.8 Å². The third kappa shape index (κ3) is 4.48. The first kappa shape index (κ1) is 19.0. The van der Waals surface area contributed by atoms with Crippen molar-refractivity contribution in [3.8, 4) is 5.75 Å². The van der Waals surface area contributed by atoms with Crippen LogP contribution in [0.4, 0.5) is 20.3 Å². The summed E-state index contributed by atoms with van der Waals surface area (Å²) in [7, 11) is -3.39. The Kier molecular flexibility index (Phi) is 5.22. The molecule has 2 aromatic carbocycles. The summed E-state index contributed by atoms with van der Waals surface area (Å²) < 4.78 is 53.6. The van der Waals surface area contributed by atoms with Crippen molar-refractivity contribution in [3.05, 3.63) is 48.3 Å². The van der Waals surface area contributed by atoms with E-state index in [9.17, 15) is 17.2 Å². The van der Waals surface area contributed by atoms with E-state index >= 15 is 0 Å². The van der Waals surface area contributed by atoms with Crippen LogP contribution in [0.15, 0.2) is 47.6 Å². The number of benzene rings is 2. The van der Waals surface area contributed by atoms with Crippen LogP contribution in [0.1, 0.15) is 5.56 Å². The van der Waals surface area contributed by atoms with Crippen molar-refractivity contribution >= 4 is 32.2 Å². The van der Waals surface area contributed by atoms with E-state index in [0.29, 0.717) is 33.7 Å². The number of nitrogens with one attached hydrogen (secondary N) is 1. The lowest BCUT2D eigenvalue weighted by molar-refractivity contribution is 0.0816. The second-order valence-electron chi connectivity index (χ2n) is 5.98. The van der Waals surface area contributed by atoms with Crippen LogP contribution in [-0.2, 0) is 9.84 Å². The van der Waals surface area contributed by atoms with E-state index in [1.54, 1.807) is 31.2 Å². The van der Waals surface area contributed by atoms with Crippen LogP contribution in [0.5, 0.6) is 5.75 Å². The minimum Gasteiger partial charge on any atom is -0.487 e. The molecule has 1 aromatic heterocycles. The SMILES string of the molecule is Cc1ccc(Nc2ncnc3ccc(S(C)(=O)=O)cc23)cc1OCC(F)F. The summed E-state index contributed by atoms with van der Waals surface area (Å²) in [5, 5.41) is 3.59. The van der Waals surface area contributed by atoms with Crippen LogP contribution in [0, 0.1) is 6.92 Å². The molecule has 3 aromatic rings. The number of aromatic nitrogens is 2. The molecule has 0 spiro atoms. The summed E-state index contributed by atoms with van der Waals surface area (Å²) >= 11 is 0. The first-order valence-electron chi connectivity index (χ1n) is 7.97. The summed E-state index contributed by atoms with van der Waals surface area (Å²) in [5.41, 5.74) is 1.85. The van der Waals surface area contributed by atoms with Crippen LogP contribution in [0.3, 0.4) is 0 Å². The van der Waals surface area contributed by atoms with E-state index < -0.39 is 22.9 Å². The van der Waals surface area contributed by atoms with Gasteiger partial charge in [0, 0.05) is 23.4 Å². The Labute approximate surface area is 155 Å². The summed E-state index contributed by atoms with van der Waals surface area (Å²) in [6.07, 6.45) is -0.0913. The number of sulfone groups is 1. The first-order chi connectivity index (χ1) is 12.7.